The van der Waals surface area contributed by atoms with Crippen LogP contribution in [0.25, 0.3) is 0 Å². The molecule has 1 fully saturated rings. The van der Waals surface area contributed by atoms with Crippen molar-refractivity contribution >= 4 is 5.82 Å². The second-order valence-electron chi connectivity index (χ2n) is 6.04. The Hall–Kier alpha value is -1.13. The number of hydrogen-bond donors (Lipinski definition) is 2. The monoisotopic (exact) mass is 277 g/mol. The van der Waals surface area contributed by atoms with Gasteiger partial charge in [0, 0.05) is 19.6 Å². The molecular formula is C16H27N3O. The van der Waals surface area contributed by atoms with Gasteiger partial charge in [-0.1, -0.05) is 25.8 Å². The van der Waals surface area contributed by atoms with Crippen LogP contribution in [0.15, 0.2) is 18.2 Å². The standard InChI is InChI=1S/C16H27N3O/c1-3-11-17-15-8-6-7-14(18-15)12-19(2)13-16(20)9-4-5-10-16/h6-8,20H,3-5,9-13H2,1-2H3,(H,17,18). The van der Waals surface area contributed by atoms with Gasteiger partial charge in [0.2, 0.25) is 0 Å². The van der Waals surface area contributed by atoms with Gasteiger partial charge in [0.15, 0.2) is 0 Å². The van der Waals surface area contributed by atoms with Gasteiger partial charge in [-0.2, -0.15) is 0 Å². The Labute approximate surface area is 122 Å². The molecular weight excluding hydrogens is 250 g/mol. The van der Waals surface area contributed by atoms with Crippen molar-refractivity contribution in [2.75, 3.05) is 25.5 Å². The zero-order valence-corrected chi connectivity index (χ0v) is 12.7. The molecule has 0 bridgehead atoms. The minimum absolute atomic E-state index is 0.479. The average Bonchev–Trinajstić information content (AvgIpc) is 2.83. The molecule has 0 atom stereocenters. The third-order valence-corrected chi connectivity index (χ3v) is 3.89. The van der Waals surface area contributed by atoms with E-state index in [1.165, 1.54) is 0 Å². The number of hydrogen-bond acceptors (Lipinski definition) is 4. The maximum atomic E-state index is 10.4. The summed E-state index contributed by atoms with van der Waals surface area (Å²) in [6.07, 6.45) is 5.27. The number of aliphatic hydroxyl groups is 1. The highest BCUT2D eigenvalue weighted by Crippen LogP contribution is 2.30. The quantitative estimate of drug-likeness (QED) is 0.804. The normalized spacial score (nSPS) is 17.6. The van der Waals surface area contributed by atoms with Gasteiger partial charge in [-0.15, -0.1) is 0 Å². The summed E-state index contributed by atoms with van der Waals surface area (Å²) in [5.41, 5.74) is 0.572. The fourth-order valence-corrected chi connectivity index (χ4v) is 2.95. The van der Waals surface area contributed by atoms with Crippen LogP contribution in [0.5, 0.6) is 0 Å². The fourth-order valence-electron chi connectivity index (χ4n) is 2.95. The lowest BCUT2D eigenvalue weighted by Crippen LogP contribution is -2.38. The third-order valence-electron chi connectivity index (χ3n) is 3.89. The molecule has 0 spiro atoms. The van der Waals surface area contributed by atoms with Crippen LogP contribution in [-0.4, -0.2) is 40.7 Å². The topological polar surface area (TPSA) is 48.4 Å². The van der Waals surface area contributed by atoms with Crippen molar-refractivity contribution in [2.24, 2.45) is 0 Å². The van der Waals surface area contributed by atoms with Gasteiger partial charge >= 0.3 is 0 Å². The van der Waals surface area contributed by atoms with E-state index in [9.17, 15) is 5.11 Å². The van der Waals surface area contributed by atoms with Gasteiger partial charge in [0.25, 0.3) is 0 Å². The summed E-state index contributed by atoms with van der Waals surface area (Å²) in [6.45, 7) is 4.62. The van der Waals surface area contributed by atoms with Crippen LogP contribution in [0, 0.1) is 0 Å². The number of aromatic nitrogens is 1. The Morgan fingerprint density at radius 1 is 1.35 bits per heavy atom. The van der Waals surface area contributed by atoms with Crippen molar-refractivity contribution in [3.8, 4) is 0 Å². The maximum Gasteiger partial charge on any atom is 0.126 e. The minimum atomic E-state index is -0.479. The molecule has 1 aliphatic rings. The molecule has 0 saturated heterocycles. The molecule has 112 valence electrons. The number of anilines is 1. The van der Waals surface area contributed by atoms with E-state index in [-0.39, 0.29) is 0 Å². The Morgan fingerprint density at radius 2 is 2.10 bits per heavy atom. The Morgan fingerprint density at radius 3 is 2.80 bits per heavy atom. The lowest BCUT2D eigenvalue weighted by atomic mass is 10.0. The van der Waals surface area contributed by atoms with Crippen molar-refractivity contribution in [2.45, 2.75) is 51.2 Å². The molecule has 1 aromatic rings. The van der Waals surface area contributed by atoms with E-state index < -0.39 is 5.60 Å². The molecule has 0 amide bonds. The Kier molecular flexibility index (Phi) is 5.38. The zero-order chi connectivity index (χ0) is 14.4. The van der Waals surface area contributed by atoms with Crippen molar-refractivity contribution < 1.29 is 5.11 Å². The molecule has 1 heterocycles. The average molecular weight is 277 g/mol. The van der Waals surface area contributed by atoms with E-state index in [1.54, 1.807) is 0 Å². The lowest BCUT2D eigenvalue weighted by molar-refractivity contribution is 0.0143. The first-order valence-corrected chi connectivity index (χ1v) is 7.72. The highest BCUT2D eigenvalue weighted by atomic mass is 16.3. The minimum Gasteiger partial charge on any atom is -0.389 e. The molecule has 1 aliphatic carbocycles. The summed E-state index contributed by atoms with van der Waals surface area (Å²) < 4.78 is 0. The number of likely N-dealkylation sites (N-methyl/N-ethyl adjacent to an activating group) is 1. The predicted molar refractivity (Wildman–Crippen MR) is 82.8 cm³/mol. The van der Waals surface area contributed by atoms with Crippen LogP contribution in [0.4, 0.5) is 5.82 Å². The van der Waals surface area contributed by atoms with E-state index in [0.717, 1.165) is 63.3 Å². The van der Waals surface area contributed by atoms with Crippen molar-refractivity contribution in [3.63, 3.8) is 0 Å². The molecule has 20 heavy (non-hydrogen) atoms. The highest BCUT2D eigenvalue weighted by Gasteiger charge is 2.32. The lowest BCUT2D eigenvalue weighted by Gasteiger charge is -2.28. The highest BCUT2D eigenvalue weighted by molar-refractivity contribution is 5.35. The van der Waals surface area contributed by atoms with E-state index in [0.29, 0.717) is 0 Å². The molecule has 0 unspecified atom stereocenters. The molecule has 1 aromatic heterocycles. The van der Waals surface area contributed by atoms with E-state index >= 15 is 0 Å². The molecule has 4 heteroatoms. The smallest absolute Gasteiger partial charge is 0.126 e. The van der Waals surface area contributed by atoms with Crippen molar-refractivity contribution in [1.29, 1.82) is 0 Å². The van der Waals surface area contributed by atoms with E-state index in [1.807, 2.05) is 18.2 Å². The van der Waals surface area contributed by atoms with Crippen LogP contribution in [-0.2, 0) is 6.54 Å². The molecule has 0 radical (unpaired) electrons. The van der Waals surface area contributed by atoms with Gasteiger partial charge in [-0.25, -0.2) is 4.98 Å². The van der Waals surface area contributed by atoms with Gasteiger partial charge < -0.3 is 10.4 Å². The first kappa shape index (κ1) is 15.3. The molecule has 4 nitrogen and oxygen atoms in total. The molecule has 2 N–H and O–H groups in total. The first-order valence-electron chi connectivity index (χ1n) is 7.72. The summed E-state index contributed by atoms with van der Waals surface area (Å²) in [5.74, 6) is 0.942. The summed E-state index contributed by atoms with van der Waals surface area (Å²) in [6, 6.07) is 6.09. The van der Waals surface area contributed by atoms with Crippen LogP contribution in [0.3, 0.4) is 0 Å². The summed E-state index contributed by atoms with van der Waals surface area (Å²) >= 11 is 0. The predicted octanol–water partition coefficient (Wildman–Crippen LogP) is 2.64. The maximum absolute atomic E-state index is 10.4. The third kappa shape index (κ3) is 4.46. The number of rotatable bonds is 7. The van der Waals surface area contributed by atoms with Crippen LogP contribution in [0.1, 0.15) is 44.7 Å². The Bertz CT molecular complexity index is 416. The summed E-state index contributed by atoms with van der Waals surface area (Å²) in [5, 5.41) is 13.7. The van der Waals surface area contributed by atoms with Crippen molar-refractivity contribution in [1.82, 2.24) is 9.88 Å². The summed E-state index contributed by atoms with van der Waals surface area (Å²) in [7, 11) is 2.06. The second-order valence-corrected chi connectivity index (χ2v) is 6.04. The second kappa shape index (κ2) is 7.04. The molecule has 0 aliphatic heterocycles. The van der Waals surface area contributed by atoms with Gasteiger partial charge in [-0.05, 0) is 38.4 Å². The van der Waals surface area contributed by atoms with Gasteiger partial charge in [-0.3, -0.25) is 4.90 Å². The Balaban J connectivity index is 1.88. The first-order chi connectivity index (χ1) is 9.61. The largest absolute Gasteiger partial charge is 0.389 e. The number of nitrogens with one attached hydrogen (secondary N) is 1. The fraction of sp³-hybridized carbons (Fsp3) is 0.688. The van der Waals surface area contributed by atoms with Gasteiger partial charge in [0.05, 0.1) is 11.3 Å². The molecule has 0 aromatic carbocycles. The molecule has 2 rings (SSSR count). The van der Waals surface area contributed by atoms with Crippen LogP contribution >= 0.6 is 0 Å². The van der Waals surface area contributed by atoms with Gasteiger partial charge in [0.1, 0.15) is 5.82 Å². The SMILES string of the molecule is CCCNc1cccc(CN(C)CC2(O)CCCC2)n1. The van der Waals surface area contributed by atoms with E-state index in [4.69, 9.17) is 0 Å². The van der Waals surface area contributed by atoms with Crippen molar-refractivity contribution in [3.05, 3.63) is 23.9 Å². The molecule has 1 saturated carbocycles. The zero-order valence-electron chi connectivity index (χ0n) is 12.7. The van der Waals surface area contributed by atoms with Crippen LogP contribution < -0.4 is 5.32 Å². The summed E-state index contributed by atoms with van der Waals surface area (Å²) in [4.78, 5) is 6.79. The van der Waals surface area contributed by atoms with E-state index in [2.05, 4.69) is 29.2 Å². The van der Waals surface area contributed by atoms with Crippen LogP contribution in [0.2, 0.25) is 0 Å². The number of nitrogens with zero attached hydrogens (tertiary/aromatic N) is 2. The number of pyridine rings is 1.